The summed E-state index contributed by atoms with van der Waals surface area (Å²) in [5.74, 6) is 1.44. The minimum absolute atomic E-state index is 0.103. The minimum atomic E-state index is -0.548. The van der Waals surface area contributed by atoms with Crippen LogP contribution in [0.5, 0.6) is 11.5 Å². The van der Waals surface area contributed by atoms with E-state index < -0.39 is 6.10 Å². The second kappa shape index (κ2) is 8.94. The summed E-state index contributed by atoms with van der Waals surface area (Å²) in [6.45, 7) is 6.16. The number of carbonyl (C=O) groups is 1. The van der Waals surface area contributed by atoms with E-state index in [0.29, 0.717) is 6.61 Å². The molecule has 0 aromatic heterocycles. The van der Waals surface area contributed by atoms with Crippen LogP contribution >= 0.6 is 0 Å². The Hall–Kier alpha value is -2.49. The number of benzene rings is 2. The van der Waals surface area contributed by atoms with Crippen LogP contribution in [0, 0.1) is 6.92 Å². The molecular formula is C23H29NO3. The van der Waals surface area contributed by atoms with E-state index >= 15 is 0 Å². The molecule has 1 amide bonds. The first-order valence-electron chi connectivity index (χ1n) is 9.79. The summed E-state index contributed by atoms with van der Waals surface area (Å²) in [5.41, 5.74) is 3.95. The van der Waals surface area contributed by atoms with Crippen molar-refractivity contribution in [1.29, 1.82) is 0 Å². The van der Waals surface area contributed by atoms with Crippen LogP contribution < -0.4 is 14.8 Å². The first-order chi connectivity index (χ1) is 13.0. The third kappa shape index (κ3) is 5.49. The number of carbonyl (C=O) groups excluding carboxylic acids is 1. The van der Waals surface area contributed by atoms with E-state index in [9.17, 15) is 4.79 Å². The van der Waals surface area contributed by atoms with Crippen LogP contribution in [0.3, 0.4) is 0 Å². The van der Waals surface area contributed by atoms with Crippen molar-refractivity contribution in [1.82, 2.24) is 5.32 Å². The van der Waals surface area contributed by atoms with Crippen molar-refractivity contribution in [3.8, 4) is 11.5 Å². The molecule has 0 aliphatic heterocycles. The lowest BCUT2D eigenvalue weighted by Crippen LogP contribution is -2.43. The number of amides is 1. The summed E-state index contributed by atoms with van der Waals surface area (Å²) in [7, 11) is 0. The summed E-state index contributed by atoms with van der Waals surface area (Å²) >= 11 is 0. The Balaban J connectivity index is 1.47. The van der Waals surface area contributed by atoms with Gasteiger partial charge < -0.3 is 14.8 Å². The second-order valence-electron chi connectivity index (χ2n) is 7.43. The Morgan fingerprint density at radius 3 is 2.41 bits per heavy atom. The maximum absolute atomic E-state index is 12.4. The van der Waals surface area contributed by atoms with Gasteiger partial charge in [0.05, 0.1) is 6.04 Å². The molecule has 0 spiro atoms. The molecule has 2 unspecified atom stereocenters. The highest BCUT2D eigenvalue weighted by molar-refractivity contribution is 5.81. The average Bonchev–Trinajstić information content (AvgIpc) is 2.67. The molecule has 0 fully saturated rings. The molecule has 2 atom stereocenters. The topological polar surface area (TPSA) is 47.6 Å². The van der Waals surface area contributed by atoms with Crippen molar-refractivity contribution in [3.63, 3.8) is 0 Å². The molecule has 144 valence electrons. The van der Waals surface area contributed by atoms with E-state index in [2.05, 4.69) is 17.4 Å². The van der Waals surface area contributed by atoms with Gasteiger partial charge in [-0.2, -0.15) is 0 Å². The molecule has 0 bridgehead atoms. The molecule has 2 aromatic carbocycles. The highest BCUT2D eigenvalue weighted by Gasteiger charge is 2.18. The maximum Gasteiger partial charge on any atom is 0.261 e. The predicted molar refractivity (Wildman–Crippen MR) is 107 cm³/mol. The maximum atomic E-state index is 12.4. The molecule has 4 nitrogen and oxygen atoms in total. The van der Waals surface area contributed by atoms with E-state index in [4.69, 9.17) is 9.47 Å². The van der Waals surface area contributed by atoms with Crippen LogP contribution in [0.25, 0.3) is 0 Å². The van der Waals surface area contributed by atoms with Gasteiger partial charge in [-0.15, -0.1) is 0 Å². The van der Waals surface area contributed by atoms with Gasteiger partial charge >= 0.3 is 0 Å². The number of hydrogen-bond acceptors (Lipinski definition) is 3. The third-order valence-corrected chi connectivity index (χ3v) is 4.91. The smallest absolute Gasteiger partial charge is 0.261 e. The summed E-state index contributed by atoms with van der Waals surface area (Å²) < 4.78 is 11.6. The second-order valence-corrected chi connectivity index (χ2v) is 7.43. The molecule has 4 heteroatoms. The highest BCUT2D eigenvalue weighted by Crippen LogP contribution is 2.25. The van der Waals surface area contributed by atoms with E-state index in [0.717, 1.165) is 24.3 Å². The molecule has 0 radical (unpaired) electrons. The fourth-order valence-electron chi connectivity index (χ4n) is 3.30. The first kappa shape index (κ1) is 19.3. The van der Waals surface area contributed by atoms with Crippen molar-refractivity contribution >= 4 is 5.91 Å². The average molecular weight is 367 g/mol. The fraction of sp³-hybridized carbons (Fsp3) is 0.435. The Kier molecular flexibility index (Phi) is 6.38. The number of hydrogen-bond donors (Lipinski definition) is 1. The van der Waals surface area contributed by atoms with Gasteiger partial charge in [0.2, 0.25) is 0 Å². The zero-order valence-electron chi connectivity index (χ0n) is 16.5. The van der Waals surface area contributed by atoms with Crippen LogP contribution in [0.1, 0.15) is 43.4 Å². The lowest BCUT2D eigenvalue weighted by molar-refractivity contribution is -0.128. The zero-order valence-corrected chi connectivity index (χ0v) is 16.5. The lowest BCUT2D eigenvalue weighted by atomic mass is 9.92. The van der Waals surface area contributed by atoms with Crippen LogP contribution in [0.15, 0.2) is 42.5 Å². The molecule has 27 heavy (non-hydrogen) atoms. The van der Waals surface area contributed by atoms with Gasteiger partial charge in [0, 0.05) is 0 Å². The largest absolute Gasteiger partial charge is 0.491 e. The van der Waals surface area contributed by atoms with Crippen molar-refractivity contribution in [2.75, 3.05) is 6.61 Å². The van der Waals surface area contributed by atoms with Crippen LogP contribution in [-0.4, -0.2) is 24.7 Å². The lowest BCUT2D eigenvalue weighted by Gasteiger charge is -2.21. The van der Waals surface area contributed by atoms with Gasteiger partial charge in [0.15, 0.2) is 6.10 Å². The highest BCUT2D eigenvalue weighted by atomic mass is 16.5. The normalized spacial score (nSPS) is 15.4. The summed E-state index contributed by atoms with van der Waals surface area (Å²) in [6.07, 6.45) is 4.18. The molecule has 0 saturated heterocycles. The van der Waals surface area contributed by atoms with E-state index in [1.54, 1.807) is 6.92 Å². The van der Waals surface area contributed by atoms with Crippen molar-refractivity contribution in [2.45, 2.75) is 58.6 Å². The predicted octanol–water partition coefficient (Wildman–Crippen LogP) is 4.22. The van der Waals surface area contributed by atoms with Crippen LogP contribution in [-0.2, 0) is 17.6 Å². The van der Waals surface area contributed by atoms with E-state index in [1.807, 2.05) is 44.2 Å². The fourth-order valence-corrected chi connectivity index (χ4v) is 3.30. The van der Waals surface area contributed by atoms with Crippen LogP contribution in [0.4, 0.5) is 0 Å². The number of nitrogens with one attached hydrogen (secondary N) is 1. The number of rotatable bonds is 7. The number of fused-ring (bicyclic) bond motifs is 1. The molecular weight excluding hydrogens is 338 g/mol. The van der Waals surface area contributed by atoms with E-state index in [-0.39, 0.29) is 11.9 Å². The summed E-state index contributed by atoms with van der Waals surface area (Å²) in [5, 5.41) is 2.95. The monoisotopic (exact) mass is 367 g/mol. The Morgan fingerprint density at radius 2 is 1.67 bits per heavy atom. The Labute approximate surface area is 161 Å². The molecule has 1 N–H and O–H groups in total. The van der Waals surface area contributed by atoms with Gasteiger partial charge in [0.1, 0.15) is 18.1 Å². The molecule has 2 aromatic rings. The van der Waals surface area contributed by atoms with Crippen molar-refractivity contribution in [3.05, 3.63) is 59.2 Å². The van der Waals surface area contributed by atoms with Gasteiger partial charge in [0.25, 0.3) is 5.91 Å². The zero-order chi connectivity index (χ0) is 19.2. The minimum Gasteiger partial charge on any atom is -0.491 e. The van der Waals surface area contributed by atoms with Gasteiger partial charge in [-0.1, -0.05) is 23.8 Å². The Bertz CT molecular complexity index is 770. The standard InChI is InChI=1S/C23H29NO3/c1-16-8-11-21(12-9-16)26-15-17(2)24-23(25)18(3)27-22-13-10-19-6-4-5-7-20(19)14-22/h8-14,17-18H,4-7,15H2,1-3H3,(H,24,25). The number of aryl methyl sites for hydroxylation is 3. The van der Waals surface area contributed by atoms with Gasteiger partial charge in [-0.25, -0.2) is 0 Å². The summed E-state index contributed by atoms with van der Waals surface area (Å²) in [6, 6.07) is 14.0. The quantitative estimate of drug-likeness (QED) is 0.797. The SMILES string of the molecule is Cc1ccc(OCC(C)NC(=O)C(C)Oc2ccc3c(c2)CCCC3)cc1. The molecule has 0 heterocycles. The third-order valence-electron chi connectivity index (χ3n) is 4.91. The van der Waals surface area contributed by atoms with Gasteiger partial charge in [-0.05, 0) is 81.8 Å². The van der Waals surface area contributed by atoms with Crippen molar-refractivity contribution in [2.24, 2.45) is 0 Å². The number of ether oxygens (including phenoxy) is 2. The molecule has 0 saturated carbocycles. The first-order valence-corrected chi connectivity index (χ1v) is 9.79. The molecule has 1 aliphatic carbocycles. The van der Waals surface area contributed by atoms with E-state index in [1.165, 1.54) is 29.5 Å². The van der Waals surface area contributed by atoms with Crippen molar-refractivity contribution < 1.29 is 14.3 Å². The molecule has 1 aliphatic rings. The summed E-state index contributed by atoms with van der Waals surface area (Å²) in [4.78, 5) is 12.4. The van der Waals surface area contributed by atoms with Gasteiger partial charge in [-0.3, -0.25) is 4.79 Å². The van der Waals surface area contributed by atoms with Crippen LogP contribution in [0.2, 0.25) is 0 Å². The molecule has 3 rings (SSSR count). The Morgan fingerprint density at radius 1 is 1.00 bits per heavy atom.